The molecular weight excluding hydrogens is 184 g/mol. The molecule has 1 saturated heterocycles. The Morgan fingerprint density at radius 3 is 2.20 bits per heavy atom. The third kappa shape index (κ3) is 2.25. The van der Waals surface area contributed by atoms with Crippen LogP contribution in [0.3, 0.4) is 0 Å². The molecule has 15 heavy (non-hydrogen) atoms. The maximum absolute atomic E-state index is 2.59. The molecular formula is C13H22N2. The van der Waals surface area contributed by atoms with Crippen LogP contribution in [-0.4, -0.2) is 29.1 Å². The molecule has 0 aromatic carbocycles. The van der Waals surface area contributed by atoms with Crippen molar-refractivity contribution in [2.24, 2.45) is 0 Å². The van der Waals surface area contributed by atoms with E-state index in [1.807, 2.05) is 0 Å². The van der Waals surface area contributed by atoms with E-state index in [1.165, 1.54) is 43.9 Å². The molecule has 0 amide bonds. The molecule has 1 aromatic rings. The van der Waals surface area contributed by atoms with Crippen LogP contribution in [0.15, 0.2) is 12.1 Å². The first-order valence-corrected chi connectivity index (χ1v) is 6.05. The number of nitrogens with zero attached hydrogens (tertiary/aromatic N) is 2. The van der Waals surface area contributed by atoms with Crippen LogP contribution < -0.4 is 0 Å². The number of aromatic nitrogens is 1. The summed E-state index contributed by atoms with van der Waals surface area (Å²) >= 11 is 0. The van der Waals surface area contributed by atoms with Gasteiger partial charge in [0.15, 0.2) is 0 Å². The lowest BCUT2D eigenvalue weighted by Gasteiger charge is -2.24. The molecule has 1 aliphatic rings. The largest absolute Gasteiger partial charge is 0.345 e. The number of likely N-dealkylation sites (tertiary alicyclic amines) is 1. The SMILES string of the molecule is Cc1ccc(C)n1C(C)CN1CCCC1. The average Bonchev–Trinajstić information content (AvgIpc) is 2.77. The van der Waals surface area contributed by atoms with Crippen molar-refractivity contribution in [2.45, 2.75) is 39.7 Å². The lowest BCUT2D eigenvalue weighted by atomic mass is 10.3. The lowest BCUT2D eigenvalue weighted by molar-refractivity contribution is 0.285. The van der Waals surface area contributed by atoms with Crippen molar-refractivity contribution < 1.29 is 0 Å². The fourth-order valence-corrected chi connectivity index (χ4v) is 2.80. The van der Waals surface area contributed by atoms with Gasteiger partial charge >= 0.3 is 0 Å². The van der Waals surface area contributed by atoms with Gasteiger partial charge in [-0.05, 0) is 58.8 Å². The molecule has 1 aromatic heterocycles. The molecule has 0 N–H and O–H groups in total. The average molecular weight is 206 g/mol. The molecule has 84 valence electrons. The van der Waals surface area contributed by atoms with E-state index in [9.17, 15) is 0 Å². The fraction of sp³-hybridized carbons (Fsp3) is 0.692. The molecule has 1 atom stereocenters. The Bertz CT molecular complexity index is 302. The molecule has 1 aliphatic heterocycles. The first-order valence-electron chi connectivity index (χ1n) is 6.05. The summed E-state index contributed by atoms with van der Waals surface area (Å²) in [6.45, 7) is 10.5. The van der Waals surface area contributed by atoms with Crippen LogP contribution >= 0.6 is 0 Å². The van der Waals surface area contributed by atoms with E-state index in [-0.39, 0.29) is 0 Å². The molecule has 0 bridgehead atoms. The highest BCUT2D eigenvalue weighted by atomic mass is 15.2. The van der Waals surface area contributed by atoms with Gasteiger partial charge in [-0.2, -0.15) is 0 Å². The summed E-state index contributed by atoms with van der Waals surface area (Å²) in [5.41, 5.74) is 2.78. The van der Waals surface area contributed by atoms with Gasteiger partial charge in [0.05, 0.1) is 0 Å². The smallest absolute Gasteiger partial charge is 0.0434 e. The minimum absolute atomic E-state index is 0.609. The highest BCUT2D eigenvalue weighted by molar-refractivity contribution is 5.14. The molecule has 2 rings (SSSR count). The van der Waals surface area contributed by atoms with Crippen LogP contribution in [-0.2, 0) is 0 Å². The zero-order valence-corrected chi connectivity index (χ0v) is 10.2. The highest BCUT2D eigenvalue weighted by Crippen LogP contribution is 2.18. The van der Waals surface area contributed by atoms with Crippen LogP contribution in [0, 0.1) is 13.8 Å². The number of hydrogen-bond donors (Lipinski definition) is 0. The van der Waals surface area contributed by atoms with Crippen molar-refractivity contribution in [1.82, 2.24) is 9.47 Å². The van der Waals surface area contributed by atoms with Crippen LogP contribution in [0.5, 0.6) is 0 Å². The van der Waals surface area contributed by atoms with Gasteiger partial charge in [-0.3, -0.25) is 0 Å². The maximum atomic E-state index is 2.59. The van der Waals surface area contributed by atoms with Crippen LogP contribution in [0.4, 0.5) is 0 Å². The molecule has 0 spiro atoms. The van der Waals surface area contributed by atoms with Gasteiger partial charge in [-0.25, -0.2) is 0 Å². The maximum Gasteiger partial charge on any atom is 0.0434 e. The molecule has 2 nitrogen and oxygen atoms in total. The Balaban J connectivity index is 2.03. The molecule has 1 unspecified atom stereocenters. The van der Waals surface area contributed by atoms with Crippen molar-refractivity contribution in [3.05, 3.63) is 23.5 Å². The Labute approximate surface area is 92.9 Å². The van der Waals surface area contributed by atoms with E-state index in [1.54, 1.807) is 0 Å². The Morgan fingerprint density at radius 1 is 1.13 bits per heavy atom. The Morgan fingerprint density at radius 2 is 1.67 bits per heavy atom. The van der Waals surface area contributed by atoms with E-state index in [4.69, 9.17) is 0 Å². The second-order valence-electron chi connectivity index (χ2n) is 4.84. The molecule has 1 fully saturated rings. The van der Waals surface area contributed by atoms with Crippen molar-refractivity contribution in [3.63, 3.8) is 0 Å². The van der Waals surface area contributed by atoms with Crippen molar-refractivity contribution >= 4 is 0 Å². The summed E-state index contributed by atoms with van der Waals surface area (Å²) in [6, 6.07) is 5.05. The molecule has 0 saturated carbocycles. The topological polar surface area (TPSA) is 8.17 Å². The molecule has 0 aliphatic carbocycles. The minimum Gasteiger partial charge on any atom is -0.345 e. The Kier molecular flexibility index (Phi) is 3.15. The van der Waals surface area contributed by atoms with Gasteiger partial charge in [-0.15, -0.1) is 0 Å². The fourth-order valence-electron chi connectivity index (χ4n) is 2.80. The van der Waals surface area contributed by atoms with Crippen LogP contribution in [0.1, 0.15) is 37.2 Å². The van der Waals surface area contributed by atoms with E-state index in [2.05, 4.69) is 42.4 Å². The normalized spacial score (nSPS) is 19.7. The van der Waals surface area contributed by atoms with E-state index >= 15 is 0 Å². The first-order chi connectivity index (χ1) is 7.18. The summed E-state index contributed by atoms with van der Waals surface area (Å²) in [6.07, 6.45) is 2.77. The van der Waals surface area contributed by atoms with Gasteiger partial charge in [0.25, 0.3) is 0 Å². The van der Waals surface area contributed by atoms with E-state index in [0.29, 0.717) is 6.04 Å². The third-order valence-electron chi connectivity index (χ3n) is 3.49. The summed E-state index contributed by atoms with van der Waals surface area (Å²) in [5.74, 6) is 0. The predicted molar refractivity (Wildman–Crippen MR) is 64.3 cm³/mol. The van der Waals surface area contributed by atoms with Crippen molar-refractivity contribution in [1.29, 1.82) is 0 Å². The number of aryl methyl sites for hydroxylation is 2. The van der Waals surface area contributed by atoms with Gasteiger partial charge in [0.1, 0.15) is 0 Å². The van der Waals surface area contributed by atoms with Gasteiger partial charge < -0.3 is 9.47 Å². The first kappa shape index (κ1) is 10.7. The standard InChI is InChI=1S/C13H22N2/c1-11-6-7-12(2)15(11)13(3)10-14-8-4-5-9-14/h6-7,13H,4-5,8-10H2,1-3H3. The second kappa shape index (κ2) is 4.40. The van der Waals surface area contributed by atoms with E-state index in [0.717, 1.165) is 0 Å². The summed E-state index contributed by atoms with van der Waals surface area (Å²) in [4.78, 5) is 2.59. The lowest BCUT2D eigenvalue weighted by Crippen LogP contribution is -2.27. The summed E-state index contributed by atoms with van der Waals surface area (Å²) < 4.78 is 2.46. The molecule has 2 heteroatoms. The second-order valence-corrected chi connectivity index (χ2v) is 4.84. The highest BCUT2D eigenvalue weighted by Gasteiger charge is 2.16. The quantitative estimate of drug-likeness (QED) is 0.738. The van der Waals surface area contributed by atoms with Crippen molar-refractivity contribution in [3.8, 4) is 0 Å². The van der Waals surface area contributed by atoms with Crippen LogP contribution in [0.25, 0.3) is 0 Å². The van der Waals surface area contributed by atoms with E-state index < -0.39 is 0 Å². The van der Waals surface area contributed by atoms with Crippen molar-refractivity contribution in [2.75, 3.05) is 19.6 Å². The summed E-state index contributed by atoms with van der Waals surface area (Å²) in [7, 11) is 0. The monoisotopic (exact) mass is 206 g/mol. The molecule has 0 radical (unpaired) electrons. The number of rotatable bonds is 3. The summed E-state index contributed by atoms with van der Waals surface area (Å²) in [5, 5.41) is 0. The van der Waals surface area contributed by atoms with Crippen LogP contribution in [0.2, 0.25) is 0 Å². The van der Waals surface area contributed by atoms with Gasteiger partial charge in [0.2, 0.25) is 0 Å². The Hall–Kier alpha value is -0.760. The zero-order valence-electron chi connectivity index (χ0n) is 10.2. The molecule has 2 heterocycles. The van der Waals surface area contributed by atoms with Gasteiger partial charge in [-0.1, -0.05) is 0 Å². The third-order valence-corrected chi connectivity index (χ3v) is 3.49. The van der Waals surface area contributed by atoms with Gasteiger partial charge in [0, 0.05) is 24.0 Å². The number of hydrogen-bond acceptors (Lipinski definition) is 1. The predicted octanol–water partition coefficient (Wildman–Crippen LogP) is 2.76. The minimum atomic E-state index is 0.609. The zero-order chi connectivity index (χ0) is 10.8.